The summed E-state index contributed by atoms with van der Waals surface area (Å²) in [5.74, 6) is -2.01. The highest BCUT2D eigenvalue weighted by molar-refractivity contribution is 8.00. The van der Waals surface area contributed by atoms with Gasteiger partial charge in [-0.1, -0.05) is 6.92 Å². The summed E-state index contributed by atoms with van der Waals surface area (Å²) in [6.07, 6.45) is 0.614. The Morgan fingerprint density at radius 2 is 2.17 bits per heavy atom. The lowest BCUT2D eigenvalue weighted by Crippen LogP contribution is -2.16. The number of hydrogen-bond acceptors (Lipinski definition) is 3. The molecule has 18 heavy (non-hydrogen) atoms. The monoisotopic (exact) mass is 275 g/mol. The normalized spacial score (nSPS) is 12.2. The molecule has 6 heteroatoms. The fraction of sp³-hybridized carbons (Fsp3) is 0.417. The predicted molar refractivity (Wildman–Crippen MR) is 68.6 cm³/mol. The summed E-state index contributed by atoms with van der Waals surface area (Å²) in [6, 6.07) is 3.21. The Labute approximate surface area is 109 Å². The molecule has 0 bridgehead atoms. The number of aliphatic hydroxyl groups excluding tert-OH is 1. The zero-order valence-electron chi connectivity index (χ0n) is 9.95. The molecule has 1 aromatic rings. The largest absolute Gasteiger partial charge is 0.396 e. The van der Waals surface area contributed by atoms with Crippen molar-refractivity contribution >= 4 is 23.4 Å². The Morgan fingerprint density at radius 3 is 2.78 bits per heavy atom. The lowest BCUT2D eigenvalue weighted by Gasteiger charge is -2.09. The van der Waals surface area contributed by atoms with Crippen LogP contribution in [0.2, 0.25) is 0 Å². The number of halogens is 2. The topological polar surface area (TPSA) is 49.3 Å². The van der Waals surface area contributed by atoms with Gasteiger partial charge < -0.3 is 10.4 Å². The van der Waals surface area contributed by atoms with E-state index in [1.807, 2.05) is 6.92 Å². The minimum Gasteiger partial charge on any atom is -0.396 e. The molecule has 1 atom stereocenters. The second-order valence-electron chi connectivity index (χ2n) is 3.81. The van der Waals surface area contributed by atoms with E-state index >= 15 is 0 Å². The number of hydrogen-bond donors (Lipinski definition) is 2. The first kappa shape index (κ1) is 14.9. The van der Waals surface area contributed by atoms with Crippen LogP contribution < -0.4 is 5.32 Å². The van der Waals surface area contributed by atoms with Crippen LogP contribution in [0, 0.1) is 11.6 Å². The van der Waals surface area contributed by atoms with Crippen molar-refractivity contribution < 1.29 is 18.7 Å². The Morgan fingerprint density at radius 1 is 1.44 bits per heavy atom. The molecule has 2 N–H and O–H groups in total. The molecule has 0 heterocycles. The Hall–Kier alpha value is -1.14. The van der Waals surface area contributed by atoms with Gasteiger partial charge >= 0.3 is 0 Å². The summed E-state index contributed by atoms with van der Waals surface area (Å²) in [5, 5.41) is 11.4. The van der Waals surface area contributed by atoms with Gasteiger partial charge in [0.05, 0.1) is 5.75 Å². The van der Waals surface area contributed by atoms with Crippen molar-refractivity contribution in [2.24, 2.45) is 0 Å². The molecule has 3 nitrogen and oxygen atoms in total. The molecule has 100 valence electrons. The molecular weight excluding hydrogens is 260 g/mol. The third-order valence-corrected chi connectivity index (χ3v) is 3.47. The van der Waals surface area contributed by atoms with Gasteiger partial charge in [-0.15, -0.1) is 11.8 Å². The molecule has 0 saturated heterocycles. The van der Waals surface area contributed by atoms with Crippen LogP contribution in [0.1, 0.15) is 13.3 Å². The number of carbonyl (C=O) groups is 1. The summed E-state index contributed by atoms with van der Waals surface area (Å²) < 4.78 is 25.5. The van der Waals surface area contributed by atoms with E-state index in [2.05, 4.69) is 5.32 Å². The van der Waals surface area contributed by atoms with Gasteiger partial charge in [0.25, 0.3) is 0 Å². The van der Waals surface area contributed by atoms with Gasteiger partial charge in [-0.3, -0.25) is 4.79 Å². The van der Waals surface area contributed by atoms with Crippen LogP contribution in [0.3, 0.4) is 0 Å². The molecule has 0 aliphatic rings. The van der Waals surface area contributed by atoms with E-state index in [0.29, 0.717) is 6.42 Å². The molecule has 0 fully saturated rings. The van der Waals surface area contributed by atoms with Crippen molar-refractivity contribution in [3.05, 3.63) is 29.8 Å². The van der Waals surface area contributed by atoms with Gasteiger partial charge in [0.2, 0.25) is 5.91 Å². The Kier molecular flexibility index (Phi) is 6.07. The Balaban J connectivity index is 2.42. The van der Waals surface area contributed by atoms with Gasteiger partial charge in [-0.2, -0.15) is 0 Å². The molecule has 1 amide bonds. The van der Waals surface area contributed by atoms with Crippen molar-refractivity contribution in [1.82, 2.24) is 0 Å². The zero-order chi connectivity index (χ0) is 13.5. The van der Waals surface area contributed by atoms with Crippen LogP contribution in [0.25, 0.3) is 0 Å². The maximum atomic E-state index is 12.9. The first-order chi connectivity index (χ1) is 8.52. The molecule has 0 radical (unpaired) electrons. The highest BCUT2D eigenvalue weighted by Crippen LogP contribution is 2.16. The van der Waals surface area contributed by atoms with Crippen LogP contribution >= 0.6 is 11.8 Å². The second-order valence-corrected chi connectivity index (χ2v) is 5.24. The smallest absolute Gasteiger partial charge is 0.234 e. The highest BCUT2D eigenvalue weighted by Gasteiger charge is 2.08. The van der Waals surface area contributed by atoms with Crippen molar-refractivity contribution in [2.45, 2.75) is 18.6 Å². The van der Waals surface area contributed by atoms with Crippen molar-refractivity contribution in [3.63, 3.8) is 0 Å². The number of anilines is 1. The number of aliphatic hydroxyl groups is 1. The van der Waals surface area contributed by atoms with Crippen LogP contribution in [0.5, 0.6) is 0 Å². The van der Waals surface area contributed by atoms with Crippen molar-refractivity contribution in [3.8, 4) is 0 Å². The van der Waals surface area contributed by atoms with E-state index in [1.54, 1.807) is 0 Å². The van der Waals surface area contributed by atoms with Crippen LogP contribution in [0.4, 0.5) is 14.5 Å². The number of thioether (sulfide) groups is 1. The standard InChI is InChI=1S/C12H15F2NO2S/c1-8(4-5-16)18-7-12(17)15-9-2-3-10(13)11(14)6-9/h2-3,6,8,16H,4-5,7H2,1H3,(H,15,17). The van der Waals surface area contributed by atoms with Crippen LogP contribution in [-0.4, -0.2) is 28.6 Å². The Bertz CT molecular complexity index is 415. The lowest BCUT2D eigenvalue weighted by atomic mass is 10.3. The van der Waals surface area contributed by atoms with Crippen LogP contribution in [0.15, 0.2) is 18.2 Å². The lowest BCUT2D eigenvalue weighted by molar-refractivity contribution is -0.113. The summed E-state index contributed by atoms with van der Waals surface area (Å²) in [5.41, 5.74) is 0.231. The molecule has 0 aliphatic carbocycles. The number of amides is 1. The fourth-order valence-electron chi connectivity index (χ4n) is 1.25. The highest BCUT2D eigenvalue weighted by atomic mass is 32.2. The number of benzene rings is 1. The molecule has 0 aliphatic heterocycles. The molecule has 1 unspecified atom stereocenters. The summed E-state index contributed by atoms with van der Waals surface area (Å²) >= 11 is 1.40. The molecular formula is C12H15F2NO2S. The van der Waals surface area contributed by atoms with E-state index in [0.717, 1.165) is 12.1 Å². The average Bonchev–Trinajstić information content (AvgIpc) is 2.32. The SMILES string of the molecule is CC(CCO)SCC(=O)Nc1ccc(F)c(F)c1. The second kappa shape index (κ2) is 7.33. The molecule has 0 spiro atoms. The van der Waals surface area contributed by atoms with E-state index < -0.39 is 11.6 Å². The van der Waals surface area contributed by atoms with E-state index in [-0.39, 0.29) is 29.2 Å². The first-order valence-electron chi connectivity index (χ1n) is 5.50. The average molecular weight is 275 g/mol. The fourth-order valence-corrected chi connectivity index (χ4v) is 2.03. The zero-order valence-corrected chi connectivity index (χ0v) is 10.8. The summed E-state index contributed by atoms with van der Waals surface area (Å²) in [6.45, 7) is 1.99. The van der Waals surface area contributed by atoms with Crippen molar-refractivity contribution in [1.29, 1.82) is 0 Å². The van der Waals surface area contributed by atoms with Gasteiger partial charge in [0.15, 0.2) is 11.6 Å². The maximum absolute atomic E-state index is 12.9. The minimum absolute atomic E-state index is 0.0823. The van der Waals surface area contributed by atoms with Gasteiger partial charge in [-0.05, 0) is 18.6 Å². The van der Waals surface area contributed by atoms with Crippen LogP contribution in [-0.2, 0) is 4.79 Å². The number of nitrogens with one attached hydrogen (secondary N) is 1. The van der Waals surface area contributed by atoms with Crippen molar-refractivity contribution in [2.75, 3.05) is 17.7 Å². The number of carbonyl (C=O) groups excluding carboxylic acids is 1. The van der Waals surface area contributed by atoms with E-state index in [9.17, 15) is 13.6 Å². The molecule has 1 aromatic carbocycles. The molecule has 1 rings (SSSR count). The third kappa shape index (κ3) is 5.01. The number of rotatable bonds is 6. The summed E-state index contributed by atoms with van der Waals surface area (Å²) in [4.78, 5) is 11.5. The van der Waals surface area contributed by atoms with E-state index in [1.165, 1.54) is 17.8 Å². The van der Waals surface area contributed by atoms with Gasteiger partial charge in [0, 0.05) is 23.6 Å². The molecule has 0 saturated carbocycles. The first-order valence-corrected chi connectivity index (χ1v) is 6.55. The van der Waals surface area contributed by atoms with E-state index in [4.69, 9.17) is 5.11 Å². The third-order valence-electron chi connectivity index (χ3n) is 2.24. The minimum atomic E-state index is -0.992. The molecule has 0 aromatic heterocycles. The summed E-state index contributed by atoms with van der Waals surface area (Å²) in [7, 11) is 0. The van der Waals surface area contributed by atoms with Gasteiger partial charge in [0.1, 0.15) is 0 Å². The van der Waals surface area contributed by atoms with Gasteiger partial charge in [-0.25, -0.2) is 8.78 Å². The maximum Gasteiger partial charge on any atom is 0.234 e. The quantitative estimate of drug-likeness (QED) is 0.838. The predicted octanol–water partition coefficient (Wildman–Crippen LogP) is 2.41.